The average Bonchev–Trinajstić information content (AvgIpc) is 3.03. The number of benzene rings is 1. The third-order valence-corrected chi connectivity index (χ3v) is 6.34. The zero-order valence-electron chi connectivity index (χ0n) is 16.5. The van der Waals surface area contributed by atoms with E-state index in [1.165, 1.54) is 24.8 Å². The molecule has 27 heavy (non-hydrogen) atoms. The van der Waals surface area contributed by atoms with E-state index in [1.54, 1.807) is 11.9 Å². The number of nitrogens with one attached hydrogen (secondary N) is 1. The first-order valence-corrected chi connectivity index (χ1v) is 10.2. The van der Waals surface area contributed by atoms with Crippen molar-refractivity contribution in [1.29, 1.82) is 0 Å². The summed E-state index contributed by atoms with van der Waals surface area (Å²) in [6, 6.07) is 8.12. The molecule has 4 rings (SSSR count). The molecule has 1 aromatic rings. The van der Waals surface area contributed by atoms with Crippen molar-refractivity contribution in [1.82, 2.24) is 15.1 Å². The summed E-state index contributed by atoms with van der Waals surface area (Å²) >= 11 is 0. The molecule has 1 aromatic carbocycles. The molecule has 0 spiro atoms. The van der Waals surface area contributed by atoms with E-state index in [4.69, 9.17) is 0 Å². The number of rotatable bonds is 3. The van der Waals surface area contributed by atoms with Crippen molar-refractivity contribution in [3.63, 3.8) is 0 Å². The van der Waals surface area contributed by atoms with Crippen LogP contribution in [0.5, 0.6) is 0 Å². The Kier molecular flexibility index (Phi) is 4.70. The molecule has 1 N–H and O–H groups in total. The molecule has 1 fully saturated rings. The van der Waals surface area contributed by atoms with Crippen molar-refractivity contribution in [2.45, 2.75) is 64.0 Å². The van der Waals surface area contributed by atoms with Gasteiger partial charge in [-0.3, -0.25) is 9.69 Å². The lowest BCUT2D eigenvalue weighted by molar-refractivity contribution is -0.128. The molecule has 1 unspecified atom stereocenters. The summed E-state index contributed by atoms with van der Waals surface area (Å²) in [5, 5.41) is 3.04. The monoisotopic (exact) mass is 367 g/mol. The fourth-order valence-electron chi connectivity index (χ4n) is 4.60. The standard InChI is InChI=1S/C22H29N3O2/c1-14(2)15-9-11-16(12-10-15)20-19-18(24(3)22(27)23-20)13-25(21(19)26)17-7-5-4-6-8-17/h9-12,14,17,20H,4-8,13H2,1-3H3,(H,23,27). The third-order valence-electron chi connectivity index (χ3n) is 6.34. The minimum absolute atomic E-state index is 0.0988. The van der Waals surface area contributed by atoms with Gasteiger partial charge in [-0.2, -0.15) is 0 Å². The molecule has 3 aliphatic rings. The fraction of sp³-hybridized carbons (Fsp3) is 0.545. The molecule has 2 aliphatic heterocycles. The maximum absolute atomic E-state index is 13.3. The first kappa shape index (κ1) is 18.1. The van der Waals surface area contributed by atoms with E-state index >= 15 is 0 Å². The summed E-state index contributed by atoms with van der Waals surface area (Å²) in [6.07, 6.45) is 5.78. The van der Waals surface area contributed by atoms with Gasteiger partial charge in [-0.05, 0) is 29.9 Å². The van der Waals surface area contributed by atoms with Crippen LogP contribution in [0.1, 0.15) is 69.0 Å². The van der Waals surface area contributed by atoms with E-state index in [-0.39, 0.29) is 18.0 Å². The SMILES string of the molecule is CC(C)c1ccc(C2NC(=O)N(C)C3=C2C(=O)N(C2CCCCC2)C3)cc1. The molecule has 5 heteroatoms. The summed E-state index contributed by atoms with van der Waals surface area (Å²) in [6.45, 7) is 4.88. The van der Waals surface area contributed by atoms with E-state index in [2.05, 4.69) is 31.3 Å². The van der Waals surface area contributed by atoms with Crippen LogP contribution in [-0.4, -0.2) is 41.4 Å². The Morgan fingerprint density at radius 3 is 2.33 bits per heavy atom. The van der Waals surface area contributed by atoms with Crippen LogP contribution in [0.4, 0.5) is 4.79 Å². The second-order valence-electron chi connectivity index (χ2n) is 8.35. The number of amides is 3. The molecule has 0 bridgehead atoms. The number of hydrogen-bond acceptors (Lipinski definition) is 2. The first-order valence-electron chi connectivity index (χ1n) is 10.2. The predicted molar refractivity (Wildman–Crippen MR) is 105 cm³/mol. The van der Waals surface area contributed by atoms with Crippen LogP contribution in [0.25, 0.3) is 0 Å². The highest BCUT2D eigenvalue weighted by molar-refractivity contribution is 6.01. The number of urea groups is 1. The first-order chi connectivity index (χ1) is 13.0. The van der Waals surface area contributed by atoms with Gasteiger partial charge in [0.05, 0.1) is 23.9 Å². The zero-order valence-corrected chi connectivity index (χ0v) is 16.5. The summed E-state index contributed by atoms with van der Waals surface area (Å²) in [7, 11) is 1.76. The smallest absolute Gasteiger partial charge is 0.322 e. The van der Waals surface area contributed by atoms with Crippen LogP contribution in [0.3, 0.4) is 0 Å². The molecule has 0 aromatic heterocycles. The molecule has 3 amide bonds. The molecule has 5 nitrogen and oxygen atoms in total. The Morgan fingerprint density at radius 1 is 1.04 bits per heavy atom. The minimum atomic E-state index is -0.356. The largest absolute Gasteiger partial charge is 0.330 e. The molecular formula is C22H29N3O2. The highest BCUT2D eigenvalue weighted by Crippen LogP contribution is 2.38. The van der Waals surface area contributed by atoms with Gasteiger partial charge < -0.3 is 10.2 Å². The second-order valence-corrected chi connectivity index (χ2v) is 8.35. The summed E-state index contributed by atoms with van der Waals surface area (Å²) in [5.74, 6) is 0.553. The number of carbonyl (C=O) groups is 2. The number of nitrogens with zero attached hydrogens (tertiary/aromatic N) is 2. The highest BCUT2D eigenvalue weighted by atomic mass is 16.2. The second kappa shape index (κ2) is 7.02. The summed E-state index contributed by atoms with van der Waals surface area (Å²) in [5.41, 5.74) is 3.85. The van der Waals surface area contributed by atoms with E-state index in [0.29, 0.717) is 18.5 Å². The van der Waals surface area contributed by atoms with Gasteiger partial charge in [0.1, 0.15) is 0 Å². The number of carbonyl (C=O) groups excluding carboxylic acids is 2. The maximum atomic E-state index is 13.3. The molecule has 144 valence electrons. The lowest BCUT2D eigenvalue weighted by atomic mass is 9.92. The average molecular weight is 367 g/mol. The Labute approximate surface area is 161 Å². The van der Waals surface area contributed by atoms with Gasteiger partial charge in [0.15, 0.2) is 0 Å². The van der Waals surface area contributed by atoms with Crippen LogP contribution < -0.4 is 5.32 Å². The maximum Gasteiger partial charge on any atom is 0.322 e. The van der Waals surface area contributed by atoms with Crippen molar-refractivity contribution in [3.8, 4) is 0 Å². The van der Waals surface area contributed by atoms with Gasteiger partial charge in [0.2, 0.25) is 0 Å². The van der Waals surface area contributed by atoms with Crippen LogP contribution in [0.15, 0.2) is 35.5 Å². The van der Waals surface area contributed by atoms with Crippen molar-refractivity contribution in [2.75, 3.05) is 13.6 Å². The molecule has 0 radical (unpaired) electrons. The van der Waals surface area contributed by atoms with Gasteiger partial charge in [0, 0.05) is 13.1 Å². The zero-order chi connectivity index (χ0) is 19.1. The van der Waals surface area contributed by atoms with Crippen LogP contribution in [-0.2, 0) is 4.79 Å². The van der Waals surface area contributed by atoms with Crippen molar-refractivity contribution >= 4 is 11.9 Å². The number of hydrogen-bond donors (Lipinski definition) is 1. The number of likely N-dealkylation sites (N-methyl/N-ethyl adjacent to an activating group) is 1. The Bertz CT molecular complexity index is 775. The third kappa shape index (κ3) is 3.13. The molecule has 2 heterocycles. The minimum Gasteiger partial charge on any atom is -0.330 e. The van der Waals surface area contributed by atoms with E-state index in [9.17, 15) is 9.59 Å². The normalized spacial score (nSPS) is 23.9. The van der Waals surface area contributed by atoms with E-state index < -0.39 is 0 Å². The molecule has 1 saturated carbocycles. The quantitative estimate of drug-likeness (QED) is 0.880. The van der Waals surface area contributed by atoms with Gasteiger partial charge >= 0.3 is 6.03 Å². The molecule has 0 saturated heterocycles. The van der Waals surface area contributed by atoms with Gasteiger partial charge in [-0.1, -0.05) is 57.4 Å². The van der Waals surface area contributed by atoms with Gasteiger partial charge in [-0.15, -0.1) is 0 Å². The van der Waals surface area contributed by atoms with Crippen molar-refractivity contribution in [3.05, 3.63) is 46.7 Å². The van der Waals surface area contributed by atoms with Gasteiger partial charge in [-0.25, -0.2) is 4.79 Å². The Morgan fingerprint density at radius 2 is 1.70 bits per heavy atom. The molecular weight excluding hydrogens is 338 g/mol. The van der Waals surface area contributed by atoms with Crippen molar-refractivity contribution in [2.24, 2.45) is 0 Å². The van der Waals surface area contributed by atoms with Crippen LogP contribution in [0.2, 0.25) is 0 Å². The Balaban J connectivity index is 1.66. The topological polar surface area (TPSA) is 52.7 Å². The van der Waals surface area contributed by atoms with E-state index in [0.717, 1.165) is 29.7 Å². The van der Waals surface area contributed by atoms with Crippen molar-refractivity contribution < 1.29 is 9.59 Å². The van der Waals surface area contributed by atoms with Gasteiger partial charge in [0.25, 0.3) is 5.91 Å². The van der Waals surface area contributed by atoms with Crippen LogP contribution >= 0.6 is 0 Å². The summed E-state index contributed by atoms with van der Waals surface area (Å²) in [4.78, 5) is 29.5. The molecule has 1 aliphatic carbocycles. The fourth-order valence-corrected chi connectivity index (χ4v) is 4.60. The molecule has 1 atom stereocenters. The Hall–Kier alpha value is -2.30. The lowest BCUT2D eigenvalue weighted by Crippen LogP contribution is -2.45. The highest BCUT2D eigenvalue weighted by Gasteiger charge is 2.44. The predicted octanol–water partition coefficient (Wildman–Crippen LogP) is 3.94. The van der Waals surface area contributed by atoms with Crippen LogP contribution in [0, 0.1) is 0 Å². The lowest BCUT2D eigenvalue weighted by Gasteiger charge is -2.31. The summed E-state index contributed by atoms with van der Waals surface area (Å²) < 4.78 is 0. The van der Waals surface area contributed by atoms with E-state index in [1.807, 2.05) is 17.0 Å².